The molecule has 144 valence electrons. The molecule has 0 atom stereocenters. The van der Waals surface area contributed by atoms with Crippen LogP contribution in [0.15, 0.2) is 47.4 Å². The van der Waals surface area contributed by atoms with Gasteiger partial charge in [-0.05, 0) is 44.0 Å². The van der Waals surface area contributed by atoms with E-state index in [9.17, 15) is 13.2 Å². The van der Waals surface area contributed by atoms with E-state index in [0.29, 0.717) is 40.9 Å². The molecule has 1 heterocycles. The summed E-state index contributed by atoms with van der Waals surface area (Å²) in [5.74, 6) is -0.342. The molecule has 0 saturated carbocycles. The van der Waals surface area contributed by atoms with Crippen LogP contribution in [0.1, 0.15) is 28.8 Å². The van der Waals surface area contributed by atoms with Gasteiger partial charge in [-0.15, -0.1) is 0 Å². The van der Waals surface area contributed by atoms with Crippen LogP contribution in [0.5, 0.6) is 0 Å². The Hall–Kier alpha value is -1.60. The van der Waals surface area contributed by atoms with E-state index in [1.807, 2.05) is 6.92 Å². The number of hydrogen-bond acceptors (Lipinski definition) is 3. The largest absolute Gasteiger partial charge is 0.349 e. The number of nitrogens with zero attached hydrogens (tertiary/aromatic N) is 1. The fourth-order valence-corrected chi connectivity index (χ4v) is 5.11. The highest BCUT2D eigenvalue weighted by Crippen LogP contribution is 2.25. The highest BCUT2D eigenvalue weighted by atomic mass is 35.5. The van der Waals surface area contributed by atoms with Crippen LogP contribution in [0, 0.1) is 6.92 Å². The number of sulfonamides is 1. The Morgan fingerprint density at radius 1 is 1.04 bits per heavy atom. The molecule has 2 aromatic rings. The van der Waals surface area contributed by atoms with Crippen molar-refractivity contribution in [2.24, 2.45) is 0 Å². The number of carbonyl (C=O) groups is 1. The maximum Gasteiger partial charge on any atom is 0.254 e. The lowest BCUT2D eigenvalue weighted by atomic mass is 10.1. The van der Waals surface area contributed by atoms with Gasteiger partial charge in [0, 0.05) is 19.1 Å². The van der Waals surface area contributed by atoms with Crippen molar-refractivity contribution in [1.82, 2.24) is 9.62 Å². The minimum atomic E-state index is -3.52. The average molecular weight is 427 g/mol. The van der Waals surface area contributed by atoms with E-state index in [1.165, 1.54) is 4.31 Å². The molecule has 1 amide bonds. The molecule has 5 nitrogen and oxygen atoms in total. The van der Waals surface area contributed by atoms with E-state index >= 15 is 0 Å². The molecule has 1 aliphatic rings. The van der Waals surface area contributed by atoms with Crippen LogP contribution in [0.3, 0.4) is 0 Å². The monoisotopic (exact) mass is 426 g/mol. The molecule has 3 rings (SSSR count). The molecule has 1 aliphatic heterocycles. The van der Waals surface area contributed by atoms with Crippen molar-refractivity contribution in [3.8, 4) is 0 Å². The summed E-state index contributed by atoms with van der Waals surface area (Å²) < 4.78 is 26.9. The molecule has 27 heavy (non-hydrogen) atoms. The normalized spacial score (nSPS) is 16.3. The summed E-state index contributed by atoms with van der Waals surface area (Å²) in [7, 11) is -3.52. The second-order valence-corrected chi connectivity index (χ2v) is 9.31. The number of benzene rings is 2. The van der Waals surface area contributed by atoms with Gasteiger partial charge in [0.2, 0.25) is 10.0 Å². The number of piperidine rings is 1. The van der Waals surface area contributed by atoms with Crippen LogP contribution < -0.4 is 5.32 Å². The summed E-state index contributed by atoms with van der Waals surface area (Å²) in [4.78, 5) is 12.8. The van der Waals surface area contributed by atoms with E-state index in [0.717, 1.165) is 5.56 Å². The Balaban J connectivity index is 1.63. The molecule has 2 aromatic carbocycles. The zero-order valence-corrected chi connectivity index (χ0v) is 17.1. The molecule has 0 bridgehead atoms. The predicted octanol–water partition coefficient (Wildman–Crippen LogP) is 3.88. The van der Waals surface area contributed by atoms with Crippen LogP contribution in [0.25, 0.3) is 0 Å². The van der Waals surface area contributed by atoms with Gasteiger partial charge < -0.3 is 5.32 Å². The molecule has 1 N–H and O–H groups in total. The third-order valence-electron chi connectivity index (χ3n) is 4.64. The molecule has 0 unspecified atom stereocenters. The van der Waals surface area contributed by atoms with E-state index in [4.69, 9.17) is 23.2 Å². The van der Waals surface area contributed by atoms with Crippen molar-refractivity contribution < 1.29 is 13.2 Å². The lowest BCUT2D eigenvalue weighted by molar-refractivity contribution is 0.0924. The smallest absolute Gasteiger partial charge is 0.254 e. The van der Waals surface area contributed by atoms with Crippen LogP contribution >= 0.6 is 23.2 Å². The lowest BCUT2D eigenvalue weighted by Gasteiger charge is -2.31. The van der Waals surface area contributed by atoms with Gasteiger partial charge in [0.1, 0.15) is 0 Å². The molecular weight excluding hydrogens is 407 g/mol. The van der Waals surface area contributed by atoms with Gasteiger partial charge in [0.15, 0.2) is 0 Å². The van der Waals surface area contributed by atoms with Gasteiger partial charge in [-0.1, -0.05) is 47.0 Å². The van der Waals surface area contributed by atoms with Crippen LogP contribution in [-0.2, 0) is 10.0 Å². The SMILES string of the molecule is Cc1ccc(S(=O)(=O)N2CCC(NC(=O)c3c(Cl)cccc3Cl)CC2)cc1. The Morgan fingerprint density at radius 2 is 1.59 bits per heavy atom. The van der Waals surface area contributed by atoms with Crippen molar-refractivity contribution in [3.63, 3.8) is 0 Å². The van der Waals surface area contributed by atoms with Crippen LogP contribution in [-0.4, -0.2) is 37.8 Å². The van der Waals surface area contributed by atoms with Gasteiger partial charge >= 0.3 is 0 Å². The first-order valence-electron chi connectivity index (χ1n) is 8.61. The Labute approximate surface area is 169 Å². The van der Waals surface area contributed by atoms with Crippen LogP contribution in [0.4, 0.5) is 0 Å². The van der Waals surface area contributed by atoms with E-state index in [2.05, 4.69) is 5.32 Å². The number of aryl methyl sites for hydroxylation is 1. The van der Waals surface area contributed by atoms with Crippen molar-refractivity contribution >= 4 is 39.1 Å². The zero-order chi connectivity index (χ0) is 19.6. The van der Waals surface area contributed by atoms with E-state index in [1.54, 1.807) is 42.5 Å². The topological polar surface area (TPSA) is 66.5 Å². The molecular formula is C19H20Cl2N2O3S. The Bertz CT molecular complexity index is 918. The maximum absolute atomic E-state index is 12.7. The summed E-state index contributed by atoms with van der Waals surface area (Å²) in [5.41, 5.74) is 1.25. The molecule has 0 aliphatic carbocycles. The number of halogens is 2. The third kappa shape index (κ3) is 4.46. The third-order valence-corrected chi connectivity index (χ3v) is 7.18. The minimum absolute atomic E-state index is 0.130. The molecule has 0 aromatic heterocycles. The summed E-state index contributed by atoms with van der Waals surface area (Å²) >= 11 is 12.1. The molecule has 1 saturated heterocycles. The zero-order valence-electron chi connectivity index (χ0n) is 14.8. The fourth-order valence-electron chi connectivity index (χ4n) is 3.07. The number of nitrogens with one attached hydrogen (secondary N) is 1. The first-order valence-corrected chi connectivity index (χ1v) is 10.8. The number of hydrogen-bond donors (Lipinski definition) is 1. The average Bonchev–Trinajstić information content (AvgIpc) is 2.62. The molecule has 1 fully saturated rings. The quantitative estimate of drug-likeness (QED) is 0.805. The number of rotatable bonds is 4. The first kappa shape index (κ1) is 20.1. The van der Waals surface area contributed by atoms with Gasteiger partial charge in [-0.25, -0.2) is 8.42 Å². The second-order valence-electron chi connectivity index (χ2n) is 6.56. The van der Waals surface area contributed by atoms with E-state index < -0.39 is 10.0 Å². The van der Waals surface area contributed by atoms with Gasteiger partial charge in [0.25, 0.3) is 5.91 Å². The van der Waals surface area contributed by atoms with E-state index in [-0.39, 0.29) is 17.5 Å². The second kappa shape index (κ2) is 8.19. The van der Waals surface area contributed by atoms with Gasteiger partial charge in [-0.3, -0.25) is 4.79 Å². The predicted molar refractivity (Wildman–Crippen MR) is 107 cm³/mol. The van der Waals surface area contributed by atoms with Gasteiger partial charge in [-0.2, -0.15) is 4.31 Å². The van der Waals surface area contributed by atoms with Crippen molar-refractivity contribution in [1.29, 1.82) is 0 Å². The summed E-state index contributed by atoms with van der Waals surface area (Å²) in [6.45, 7) is 2.60. The lowest BCUT2D eigenvalue weighted by Crippen LogP contribution is -2.46. The summed E-state index contributed by atoms with van der Waals surface area (Å²) in [5, 5.41) is 3.49. The molecule has 0 spiro atoms. The Kier molecular flexibility index (Phi) is 6.11. The van der Waals surface area contributed by atoms with Crippen LogP contribution in [0.2, 0.25) is 10.0 Å². The molecule has 8 heteroatoms. The number of amides is 1. The molecule has 0 radical (unpaired) electrons. The minimum Gasteiger partial charge on any atom is -0.349 e. The highest BCUT2D eigenvalue weighted by molar-refractivity contribution is 7.89. The maximum atomic E-state index is 12.7. The van der Waals surface area contributed by atoms with Crippen molar-refractivity contribution in [3.05, 3.63) is 63.6 Å². The Morgan fingerprint density at radius 3 is 2.15 bits per heavy atom. The van der Waals surface area contributed by atoms with Crippen molar-refractivity contribution in [2.45, 2.75) is 30.7 Å². The fraction of sp³-hybridized carbons (Fsp3) is 0.316. The summed E-state index contributed by atoms with van der Waals surface area (Å²) in [6, 6.07) is 11.6. The van der Waals surface area contributed by atoms with Crippen molar-refractivity contribution in [2.75, 3.05) is 13.1 Å². The summed E-state index contributed by atoms with van der Waals surface area (Å²) in [6.07, 6.45) is 1.05. The first-order chi connectivity index (χ1) is 12.8. The van der Waals surface area contributed by atoms with Gasteiger partial charge in [0.05, 0.1) is 20.5 Å². The standard InChI is InChI=1S/C19H20Cl2N2O3S/c1-13-5-7-15(8-6-13)27(25,26)23-11-9-14(10-12-23)22-19(24)18-16(20)3-2-4-17(18)21/h2-8,14H,9-12H2,1H3,(H,22,24). The highest BCUT2D eigenvalue weighted by Gasteiger charge is 2.30. The number of carbonyl (C=O) groups excluding carboxylic acids is 1.